The van der Waals surface area contributed by atoms with E-state index in [0.717, 1.165) is 76.6 Å². The third-order valence-corrected chi connectivity index (χ3v) is 8.20. The van der Waals surface area contributed by atoms with Crippen molar-refractivity contribution < 1.29 is 0 Å². The Morgan fingerprint density at radius 1 is 1.03 bits per heavy atom. The van der Waals surface area contributed by atoms with Gasteiger partial charge in [-0.25, -0.2) is 14.6 Å². The highest BCUT2D eigenvalue weighted by molar-refractivity contribution is 6.35. The van der Waals surface area contributed by atoms with Gasteiger partial charge in [0.1, 0.15) is 0 Å². The SMILES string of the molecule is CCCc1cccc(CC)c1-n1nc2c(c1-c1ccc(Cl)c3[nH]ccc13)CN(c1ncc(C(C)C)cn1)CC2. The third kappa shape index (κ3) is 4.51. The van der Waals surface area contributed by atoms with E-state index in [9.17, 15) is 0 Å². The maximum atomic E-state index is 6.61. The molecule has 1 N–H and O–H groups in total. The molecule has 5 aromatic rings. The summed E-state index contributed by atoms with van der Waals surface area (Å²) in [7, 11) is 0. The molecule has 0 aliphatic carbocycles. The van der Waals surface area contributed by atoms with Crippen molar-refractivity contribution in [3.63, 3.8) is 0 Å². The molecule has 0 spiro atoms. The molecule has 0 unspecified atom stereocenters. The molecule has 2 aromatic carbocycles. The average Bonchev–Trinajstić information content (AvgIpc) is 3.59. The van der Waals surface area contributed by atoms with Crippen molar-refractivity contribution in [3.05, 3.63) is 88.0 Å². The van der Waals surface area contributed by atoms with Gasteiger partial charge in [-0.2, -0.15) is 5.10 Å². The molecule has 200 valence electrons. The van der Waals surface area contributed by atoms with Gasteiger partial charge in [0.25, 0.3) is 0 Å². The molecular formula is C32H35ClN6. The van der Waals surface area contributed by atoms with Crippen molar-refractivity contribution in [1.82, 2.24) is 24.7 Å². The lowest BCUT2D eigenvalue weighted by Crippen LogP contribution is -2.31. The number of fused-ring (bicyclic) bond motifs is 2. The number of aromatic amines is 1. The van der Waals surface area contributed by atoms with Crippen LogP contribution in [0.15, 0.2) is 55.0 Å². The summed E-state index contributed by atoms with van der Waals surface area (Å²) in [6.45, 7) is 10.3. The predicted octanol–water partition coefficient (Wildman–Crippen LogP) is 7.67. The number of aryl methyl sites for hydroxylation is 2. The summed E-state index contributed by atoms with van der Waals surface area (Å²) < 4.78 is 2.23. The van der Waals surface area contributed by atoms with Crippen LogP contribution in [0.2, 0.25) is 5.02 Å². The van der Waals surface area contributed by atoms with Crippen LogP contribution in [0.1, 0.15) is 68.0 Å². The number of H-pyrrole nitrogens is 1. The maximum absolute atomic E-state index is 6.61. The molecule has 1 aliphatic rings. The topological polar surface area (TPSA) is 62.6 Å². The lowest BCUT2D eigenvalue weighted by atomic mass is 9.97. The molecule has 0 bridgehead atoms. The predicted molar refractivity (Wildman–Crippen MR) is 160 cm³/mol. The maximum Gasteiger partial charge on any atom is 0.225 e. The van der Waals surface area contributed by atoms with Crippen molar-refractivity contribution in [1.29, 1.82) is 0 Å². The number of aromatic nitrogens is 5. The minimum Gasteiger partial charge on any atom is -0.360 e. The van der Waals surface area contributed by atoms with E-state index in [1.165, 1.54) is 22.4 Å². The highest BCUT2D eigenvalue weighted by Crippen LogP contribution is 2.40. The Morgan fingerprint density at radius 2 is 1.82 bits per heavy atom. The van der Waals surface area contributed by atoms with Crippen LogP contribution in [0.25, 0.3) is 27.8 Å². The molecule has 0 saturated heterocycles. The van der Waals surface area contributed by atoms with Crippen LogP contribution in [0, 0.1) is 0 Å². The van der Waals surface area contributed by atoms with Gasteiger partial charge in [-0.05, 0) is 47.6 Å². The van der Waals surface area contributed by atoms with E-state index in [2.05, 4.69) is 72.6 Å². The van der Waals surface area contributed by atoms with Gasteiger partial charge in [0, 0.05) is 54.6 Å². The molecule has 7 heteroatoms. The van der Waals surface area contributed by atoms with E-state index in [-0.39, 0.29) is 0 Å². The van der Waals surface area contributed by atoms with Gasteiger partial charge >= 0.3 is 0 Å². The fourth-order valence-corrected chi connectivity index (χ4v) is 6.00. The molecule has 1 aliphatic heterocycles. The van der Waals surface area contributed by atoms with Crippen molar-refractivity contribution >= 4 is 28.5 Å². The van der Waals surface area contributed by atoms with Crippen LogP contribution in [0.3, 0.4) is 0 Å². The van der Waals surface area contributed by atoms with Crippen LogP contribution in [0.5, 0.6) is 0 Å². The van der Waals surface area contributed by atoms with Crippen LogP contribution in [-0.2, 0) is 25.8 Å². The minimum absolute atomic E-state index is 0.404. The third-order valence-electron chi connectivity index (χ3n) is 7.88. The summed E-state index contributed by atoms with van der Waals surface area (Å²) in [4.78, 5) is 15.1. The van der Waals surface area contributed by atoms with Gasteiger partial charge in [0.15, 0.2) is 0 Å². The Balaban J connectivity index is 1.56. The Labute approximate surface area is 235 Å². The Bertz CT molecular complexity index is 1630. The molecular weight excluding hydrogens is 504 g/mol. The van der Waals surface area contributed by atoms with Crippen molar-refractivity contribution in [3.8, 4) is 16.9 Å². The lowest BCUT2D eigenvalue weighted by Gasteiger charge is -2.27. The monoisotopic (exact) mass is 538 g/mol. The van der Waals surface area contributed by atoms with E-state index in [4.69, 9.17) is 26.7 Å². The van der Waals surface area contributed by atoms with Gasteiger partial charge in [-0.15, -0.1) is 0 Å². The van der Waals surface area contributed by atoms with Crippen molar-refractivity contribution in [2.24, 2.45) is 0 Å². The molecule has 0 amide bonds. The lowest BCUT2D eigenvalue weighted by molar-refractivity contribution is 0.691. The molecule has 0 atom stereocenters. The van der Waals surface area contributed by atoms with Crippen LogP contribution < -0.4 is 4.90 Å². The standard InChI is InChI=1S/C32H35ClN6/c1-5-8-22-10-7-9-21(6-2)30(22)39-31(25-11-12-27(33)29-24(25)13-15-34-29)26-19-38(16-14-28(26)37-39)32-35-17-23(18-36-32)20(3)4/h7,9-13,15,17-18,20,34H,5-6,8,14,16,19H2,1-4H3. The Morgan fingerprint density at radius 3 is 2.56 bits per heavy atom. The van der Waals surface area contributed by atoms with E-state index >= 15 is 0 Å². The number of anilines is 1. The zero-order chi connectivity index (χ0) is 27.1. The summed E-state index contributed by atoms with van der Waals surface area (Å²) in [5, 5.41) is 7.16. The fraction of sp³-hybridized carbons (Fsp3) is 0.344. The molecule has 0 radical (unpaired) electrons. The summed E-state index contributed by atoms with van der Waals surface area (Å²) in [6, 6.07) is 12.9. The minimum atomic E-state index is 0.404. The van der Waals surface area contributed by atoms with Crippen LogP contribution in [-0.4, -0.2) is 31.3 Å². The second kappa shape index (κ2) is 10.5. The summed E-state index contributed by atoms with van der Waals surface area (Å²) in [5.74, 6) is 1.17. The van der Waals surface area contributed by atoms with Crippen LogP contribution in [0.4, 0.5) is 5.95 Å². The van der Waals surface area contributed by atoms with Crippen molar-refractivity contribution in [2.75, 3.05) is 11.4 Å². The Kier molecular flexibility index (Phi) is 6.90. The number of para-hydroxylation sites is 1. The largest absolute Gasteiger partial charge is 0.360 e. The van der Waals surface area contributed by atoms with Gasteiger partial charge < -0.3 is 9.88 Å². The number of rotatable bonds is 7. The number of nitrogens with zero attached hydrogens (tertiary/aromatic N) is 5. The van der Waals surface area contributed by atoms with E-state index in [0.29, 0.717) is 12.5 Å². The number of nitrogens with one attached hydrogen (secondary N) is 1. The second-order valence-electron chi connectivity index (χ2n) is 10.7. The fourth-order valence-electron chi connectivity index (χ4n) is 5.78. The average molecular weight is 539 g/mol. The van der Waals surface area contributed by atoms with E-state index in [1.54, 1.807) is 0 Å². The summed E-state index contributed by atoms with van der Waals surface area (Å²) in [6.07, 6.45) is 9.76. The highest BCUT2D eigenvalue weighted by Gasteiger charge is 2.29. The second-order valence-corrected chi connectivity index (χ2v) is 11.1. The number of hydrogen-bond donors (Lipinski definition) is 1. The first kappa shape index (κ1) is 25.6. The van der Waals surface area contributed by atoms with E-state index < -0.39 is 0 Å². The molecule has 6 rings (SSSR count). The normalized spacial score (nSPS) is 13.4. The molecule has 4 heterocycles. The smallest absolute Gasteiger partial charge is 0.225 e. The Hall–Kier alpha value is -3.64. The summed E-state index contributed by atoms with van der Waals surface area (Å²) >= 11 is 6.61. The van der Waals surface area contributed by atoms with Gasteiger partial charge in [-0.3, -0.25) is 0 Å². The molecule has 39 heavy (non-hydrogen) atoms. The quantitative estimate of drug-likeness (QED) is 0.231. The van der Waals surface area contributed by atoms with Gasteiger partial charge in [-0.1, -0.05) is 70.0 Å². The van der Waals surface area contributed by atoms with Gasteiger partial charge in [0.2, 0.25) is 5.95 Å². The first-order chi connectivity index (χ1) is 19.0. The first-order valence-corrected chi connectivity index (χ1v) is 14.4. The number of halogens is 1. The highest BCUT2D eigenvalue weighted by atomic mass is 35.5. The zero-order valence-corrected chi connectivity index (χ0v) is 23.9. The zero-order valence-electron chi connectivity index (χ0n) is 23.1. The van der Waals surface area contributed by atoms with Crippen LogP contribution >= 0.6 is 11.6 Å². The number of benzene rings is 2. The molecule has 0 saturated carbocycles. The summed E-state index contributed by atoms with van der Waals surface area (Å²) in [5.41, 5.74) is 10.6. The van der Waals surface area contributed by atoms with Crippen molar-refractivity contribution in [2.45, 2.75) is 65.8 Å². The molecule has 0 fully saturated rings. The number of hydrogen-bond acceptors (Lipinski definition) is 4. The van der Waals surface area contributed by atoms with Gasteiger partial charge in [0.05, 0.1) is 27.6 Å². The molecule has 3 aromatic heterocycles. The van der Waals surface area contributed by atoms with E-state index in [1.807, 2.05) is 24.7 Å². The first-order valence-electron chi connectivity index (χ1n) is 14.0. The molecule has 6 nitrogen and oxygen atoms in total.